The minimum absolute atomic E-state index is 0.0657. The molecule has 0 amide bonds. The molecule has 1 saturated heterocycles. The molecule has 0 aliphatic carbocycles. The number of hydrogen-bond acceptors (Lipinski definition) is 5. The van der Waals surface area contributed by atoms with Gasteiger partial charge in [-0.15, -0.1) is 0 Å². The monoisotopic (exact) mass is 306 g/mol. The van der Waals surface area contributed by atoms with Crippen molar-refractivity contribution in [3.8, 4) is 0 Å². The summed E-state index contributed by atoms with van der Waals surface area (Å²) in [4.78, 5) is 19.9. The predicted octanol–water partition coefficient (Wildman–Crippen LogP) is 2.19. The van der Waals surface area contributed by atoms with Crippen LogP contribution in [0.25, 0.3) is 4.96 Å². The lowest BCUT2D eigenvalue weighted by atomic mass is 9.92. The number of fused-ring (bicyclic) bond motifs is 1. The van der Waals surface area contributed by atoms with Gasteiger partial charge < -0.3 is 0 Å². The van der Waals surface area contributed by atoms with Crippen LogP contribution in [0.1, 0.15) is 37.9 Å². The molecule has 0 spiro atoms. The molecule has 5 nitrogen and oxygen atoms in total. The number of piperidine rings is 1. The second kappa shape index (κ2) is 5.85. The maximum atomic E-state index is 12.1. The van der Waals surface area contributed by atoms with E-state index in [1.807, 2.05) is 6.92 Å². The van der Waals surface area contributed by atoms with Crippen molar-refractivity contribution in [2.24, 2.45) is 11.8 Å². The first kappa shape index (κ1) is 14.7. The Morgan fingerprint density at radius 2 is 2.05 bits per heavy atom. The Morgan fingerprint density at radius 3 is 2.71 bits per heavy atom. The third kappa shape index (κ3) is 3.16. The van der Waals surface area contributed by atoms with Gasteiger partial charge >= 0.3 is 0 Å². The number of hydrogen-bond donors (Lipinski definition) is 0. The van der Waals surface area contributed by atoms with Crippen LogP contribution in [0.2, 0.25) is 0 Å². The van der Waals surface area contributed by atoms with Gasteiger partial charge in [0.1, 0.15) is 5.01 Å². The molecule has 0 radical (unpaired) electrons. The summed E-state index contributed by atoms with van der Waals surface area (Å²) in [5, 5.41) is 5.24. The molecule has 1 aliphatic rings. The van der Waals surface area contributed by atoms with E-state index in [1.165, 1.54) is 22.3 Å². The van der Waals surface area contributed by atoms with Crippen LogP contribution in [0.4, 0.5) is 0 Å². The number of aromatic nitrogens is 3. The second-order valence-corrected chi connectivity index (χ2v) is 7.31. The van der Waals surface area contributed by atoms with Gasteiger partial charge in [-0.25, -0.2) is 4.98 Å². The molecule has 1 fully saturated rings. The zero-order valence-corrected chi connectivity index (χ0v) is 13.7. The molecular weight excluding hydrogens is 284 g/mol. The smallest absolute Gasteiger partial charge is 0.275 e. The fourth-order valence-electron chi connectivity index (χ4n) is 3.27. The van der Waals surface area contributed by atoms with E-state index < -0.39 is 0 Å². The molecule has 2 atom stereocenters. The summed E-state index contributed by atoms with van der Waals surface area (Å²) in [6.07, 6.45) is 2.13. The third-order valence-corrected chi connectivity index (χ3v) is 5.03. The van der Waals surface area contributed by atoms with Crippen molar-refractivity contribution < 1.29 is 0 Å². The van der Waals surface area contributed by atoms with E-state index in [1.54, 1.807) is 6.07 Å². The lowest BCUT2D eigenvalue weighted by Crippen LogP contribution is -2.38. The van der Waals surface area contributed by atoms with Gasteiger partial charge in [0.15, 0.2) is 0 Å². The average molecular weight is 306 g/mol. The maximum Gasteiger partial charge on any atom is 0.275 e. The SMILES string of the molecule is CCc1nn2c(=O)cc(CN3C[C@@H](C)C[C@H](C)C3)nc2s1. The van der Waals surface area contributed by atoms with E-state index in [-0.39, 0.29) is 5.56 Å². The average Bonchev–Trinajstić information content (AvgIpc) is 2.81. The van der Waals surface area contributed by atoms with Crippen molar-refractivity contribution in [1.29, 1.82) is 0 Å². The molecular formula is C15H22N4OS. The van der Waals surface area contributed by atoms with Crippen molar-refractivity contribution >= 4 is 16.3 Å². The summed E-state index contributed by atoms with van der Waals surface area (Å²) in [7, 11) is 0. The normalized spacial score (nSPS) is 23.8. The van der Waals surface area contributed by atoms with Gasteiger partial charge in [0, 0.05) is 25.7 Å². The summed E-state index contributed by atoms with van der Waals surface area (Å²) in [6, 6.07) is 1.64. The van der Waals surface area contributed by atoms with Crippen LogP contribution in [-0.2, 0) is 13.0 Å². The fourth-order valence-corrected chi connectivity index (χ4v) is 4.13. The first-order valence-corrected chi connectivity index (χ1v) is 8.47. The second-order valence-electron chi connectivity index (χ2n) is 6.27. The van der Waals surface area contributed by atoms with E-state index in [4.69, 9.17) is 0 Å². The highest BCUT2D eigenvalue weighted by atomic mass is 32.1. The number of likely N-dealkylation sites (tertiary alicyclic amines) is 1. The molecule has 0 saturated carbocycles. The van der Waals surface area contributed by atoms with Crippen molar-refractivity contribution in [1.82, 2.24) is 19.5 Å². The zero-order valence-electron chi connectivity index (χ0n) is 12.9. The number of nitrogens with zero attached hydrogens (tertiary/aromatic N) is 4. The Labute approximate surface area is 128 Å². The molecule has 21 heavy (non-hydrogen) atoms. The number of aryl methyl sites for hydroxylation is 1. The van der Waals surface area contributed by atoms with E-state index in [0.717, 1.165) is 36.8 Å². The topological polar surface area (TPSA) is 50.5 Å². The van der Waals surface area contributed by atoms with Gasteiger partial charge in [-0.2, -0.15) is 9.61 Å². The highest BCUT2D eigenvalue weighted by molar-refractivity contribution is 7.16. The highest BCUT2D eigenvalue weighted by Crippen LogP contribution is 2.22. The molecule has 0 bridgehead atoms. The first-order valence-electron chi connectivity index (χ1n) is 7.66. The molecule has 0 aromatic carbocycles. The number of rotatable bonds is 3. The summed E-state index contributed by atoms with van der Waals surface area (Å²) in [5.74, 6) is 1.43. The van der Waals surface area contributed by atoms with Crippen LogP contribution in [0, 0.1) is 11.8 Å². The quantitative estimate of drug-likeness (QED) is 0.872. The Morgan fingerprint density at radius 1 is 1.33 bits per heavy atom. The largest absolute Gasteiger partial charge is 0.297 e. The summed E-state index contributed by atoms with van der Waals surface area (Å²) in [6.45, 7) is 9.58. The lowest BCUT2D eigenvalue weighted by molar-refractivity contribution is 0.133. The molecule has 1 aliphatic heterocycles. The van der Waals surface area contributed by atoms with Gasteiger partial charge in [0.2, 0.25) is 4.96 Å². The minimum Gasteiger partial charge on any atom is -0.297 e. The lowest BCUT2D eigenvalue weighted by Gasteiger charge is -2.34. The third-order valence-electron chi connectivity index (χ3n) is 3.97. The van der Waals surface area contributed by atoms with Crippen molar-refractivity contribution in [3.05, 3.63) is 27.1 Å². The van der Waals surface area contributed by atoms with Gasteiger partial charge in [-0.1, -0.05) is 32.1 Å². The van der Waals surface area contributed by atoms with Crippen LogP contribution in [0.3, 0.4) is 0 Å². The molecule has 6 heteroatoms. The minimum atomic E-state index is -0.0657. The summed E-state index contributed by atoms with van der Waals surface area (Å²) >= 11 is 1.51. The Balaban J connectivity index is 1.85. The van der Waals surface area contributed by atoms with Crippen LogP contribution < -0.4 is 5.56 Å². The molecule has 3 rings (SSSR count). The van der Waals surface area contributed by atoms with Gasteiger partial charge in [0.25, 0.3) is 5.56 Å². The molecule has 114 valence electrons. The molecule has 2 aromatic rings. The van der Waals surface area contributed by atoms with E-state index in [0.29, 0.717) is 16.8 Å². The zero-order chi connectivity index (χ0) is 15.0. The van der Waals surface area contributed by atoms with Crippen LogP contribution in [0.5, 0.6) is 0 Å². The first-order chi connectivity index (χ1) is 10.0. The Kier molecular flexibility index (Phi) is 4.08. The molecule has 0 unspecified atom stereocenters. The fraction of sp³-hybridized carbons (Fsp3) is 0.667. The summed E-state index contributed by atoms with van der Waals surface area (Å²) < 4.78 is 1.43. The highest BCUT2D eigenvalue weighted by Gasteiger charge is 2.22. The molecule has 3 heterocycles. The van der Waals surface area contributed by atoms with E-state index >= 15 is 0 Å². The van der Waals surface area contributed by atoms with Crippen LogP contribution >= 0.6 is 11.3 Å². The molecule has 2 aromatic heterocycles. The summed E-state index contributed by atoms with van der Waals surface area (Å²) in [5.41, 5.74) is 0.802. The van der Waals surface area contributed by atoms with Gasteiger partial charge in [-0.3, -0.25) is 9.69 Å². The van der Waals surface area contributed by atoms with Crippen molar-refractivity contribution in [3.63, 3.8) is 0 Å². The van der Waals surface area contributed by atoms with Gasteiger partial charge in [0.05, 0.1) is 5.69 Å². The Bertz CT molecular complexity index is 683. The van der Waals surface area contributed by atoms with E-state index in [9.17, 15) is 4.79 Å². The Hall–Kier alpha value is -1.27. The standard InChI is InChI=1S/C15H22N4OS/c1-4-13-17-19-14(20)6-12(16-15(19)21-13)9-18-7-10(2)5-11(3)8-18/h6,10-11H,4-5,7-9H2,1-3H3/t10-,11-/m0/s1. The molecule has 0 N–H and O–H groups in total. The van der Waals surface area contributed by atoms with Crippen molar-refractivity contribution in [2.45, 2.75) is 40.2 Å². The van der Waals surface area contributed by atoms with E-state index in [2.05, 4.69) is 28.8 Å². The van der Waals surface area contributed by atoms with Crippen LogP contribution in [0.15, 0.2) is 10.9 Å². The van der Waals surface area contributed by atoms with Crippen LogP contribution in [-0.4, -0.2) is 32.6 Å². The van der Waals surface area contributed by atoms with Gasteiger partial charge in [-0.05, 0) is 24.7 Å². The maximum absolute atomic E-state index is 12.1. The van der Waals surface area contributed by atoms with Crippen molar-refractivity contribution in [2.75, 3.05) is 13.1 Å². The predicted molar refractivity (Wildman–Crippen MR) is 84.7 cm³/mol.